The molecule has 6 heteroatoms. The molecule has 0 bridgehead atoms. The maximum Gasteiger partial charge on any atom is 0.255 e. The van der Waals surface area contributed by atoms with E-state index in [9.17, 15) is 14.4 Å². The van der Waals surface area contributed by atoms with E-state index in [2.05, 4.69) is 11.1 Å². The van der Waals surface area contributed by atoms with Crippen LogP contribution in [-0.2, 0) is 11.3 Å². The van der Waals surface area contributed by atoms with Crippen LogP contribution < -0.4 is 5.56 Å². The molecule has 148 valence electrons. The molecule has 1 saturated heterocycles. The van der Waals surface area contributed by atoms with E-state index in [1.165, 1.54) is 6.07 Å². The fourth-order valence-corrected chi connectivity index (χ4v) is 3.93. The predicted octanol–water partition coefficient (Wildman–Crippen LogP) is 2.71. The summed E-state index contributed by atoms with van der Waals surface area (Å²) >= 11 is 0. The Hall–Kier alpha value is -3.41. The van der Waals surface area contributed by atoms with Gasteiger partial charge in [-0.25, -0.2) is 0 Å². The molecule has 2 aromatic carbocycles. The first kappa shape index (κ1) is 18.9. The summed E-state index contributed by atoms with van der Waals surface area (Å²) in [6.07, 6.45) is 0. The maximum atomic E-state index is 13.2. The molecule has 29 heavy (non-hydrogen) atoms. The summed E-state index contributed by atoms with van der Waals surface area (Å²) in [6, 6.07) is 16.0. The number of rotatable bonds is 3. The molecular weight excluding hydrogens is 366 g/mol. The fraction of sp³-hybridized carbons (Fsp3) is 0.261. The van der Waals surface area contributed by atoms with E-state index >= 15 is 0 Å². The molecule has 1 fully saturated rings. The average molecular weight is 389 g/mol. The van der Waals surface area contributed by atoms with Crippen LogP contribution in [0, 0.1) is 6.92 Å². The van der Waals surface area contributed by atoms with Crippen molar-refractivity contribution in [2.45, 2.75) is 26.4 Å². The summed E-state index contributed by atoms with van der Waals surface area (Å²) in [5.74, 6) is -0.372. The molecule has 2 heterocycles. The number of aromatic amines is 1. The van der Waals surface area contributed by atoms with Gasteiger partial charge >= 0.3 is 0 Å². The molecule has 1 aliphatic rings. The Morgan fingerprint density at radius 3 is 2.66 bits per heavy atom. The minimum absolute atomic E-state index is 0.0831. The van der Waals surface area contributed by atoms with Crippen molar-refractivity contribution in [2.24, 2.45) is 0 Å². The number of para-hydroxylation sites is 1. The Morgan fingerprint density at radius 1 is 1.07 bits per heavy atom. The third-order valence-electron chi connectivity index (χ3n) is 5.45. The van der Waals surface area contributed by atoms with Crippen molar-refractivity contribution in [3.05, 3.63) is 81.6 Å². The average Bonchev–Trinajstić information content (AvgIpc) is 2.70. The van der Waals surface area contributed by atoms with Crippen molar-refractivity contribution >= 4 is 22.7 Å². The quantitative estimate of drug-likeness (QED) is 0.749. The lowest BCUT2D eigenvalue weighted by atomic mass is 10.0. The molecule has 1 N–H and O–H groups in total. The number of carbonyl (C=O) groups excluding carboxylic acids is 2. The van der Waals surface area contributed by atoms with Gasteiger partial charge in [0.2, 0.25) is 11.5 Å². The van der Waals surface area contributed by atoms with Crippen molar-refractivity contribution in [2.75, 3.05) is 13.1 Å². The summed E-state index contributed by atoms with van der Waals surface area (Å²) < 4.78 is 0. The van der Waals surface area contributed by atoms with Gasteiger partial charge in [0.25, 0.3) is 5.91 Å². The number of piperazine rings is 1. The molecule has 0 saturated carbocycles. The van der Waals surface area contributed by atoms with Crippen LogP contribution in [0.15, 0.2) is 59.4 Å². The molecular formula is C23H23N3O3. The highest BCUT2D eigenvalue weighted by atomic mass is 16.2. The van der Waals surface area contributed by atoms with Crippen LogP contribution in [0.2, 0.25) is 0 Å². The van der Waals surface area contributed by atoms with E-state index < -0.39 is 6.04 Å². The number of nitrogens with zero attached hydrogens (tertiary/aromatic N) is 2. The molecule has 2 amide bonds. The number of carbonyl (C=O) groups is 2. The molecule has 0 radical (unpaired) electrons. The molecule has 1 aliphatic heterocycles. The van der Waals surface area contributed by atoms with Gasteiger partial charge in [-0.2, -0.15) is 0 Å². The minimum atomic E-state index is -0.584. The Balaban J connectivity index is 1.58. The van der Waals surface area contributed by atoms with Crippen LogP contribution in [0.1, 0.15) is 28.4 Å². The number of benzene rings is 2. The van der Waals surface area contributed by atoms with Gasteiger partial charge in [-0.1, -0.05) is 48.0 Å². The highest BCUT2D eigenvalue weighted by Gasteiger charge is 2.35. The third kappa shape index (κ3) is 3.66. The van der Waals surface area contributed by atoms with Gasteiger partial charge in [0.1, 0.15) is 6.04 Å². The van der Waals surface area contributed by atoms with E-state index in [4.69, 9.17) is 0 Å². The summed E-state index contributed by atoms with van der Waals surface area (Å²) in [5, 5.41) is 0.680. The summed E-state index contributed by atoms with van der Waals surface area (Å²) in [6.45, 7) is 5.19. The lowest BCUT2D eigenvalue weighted by molar-refractivity contribution is -0.140. The topological polar surface area (TPSA) is 73.5 Å². The highest BCUT2D eigenvalue weighted by molar-refractivity contribution is 6.07. The van der Waals surface area contributed by atoms with E-state index in [1.54, 1.807) is 28.9 Å². The third-order valence-corrected chi connectivity index (χ3v) is 5.45. The van der Waals surface area contributed by atoms with Gasteiger partial charge in [0.05, 0.1) is 5.56 Å². The SMILES string of the molecule is Cc1cccc(CN2CCN(C(=O)c3cc(=O)[nH]c4ccccc34)C(C)C2=O)c1. The van der Waals surface area contributed by atoms with Gasteiger partial charge in [0, 0.05) is 36.6 Å². The Morgan fingerprint density at radius 2 is 1.86 bits per heavy atom. The summed E-state index contributed by atoms with van der Waals surface area (Å²) in [4.78, 5) is 44.3. The Kier molecular flexibility index (Phi) is 4.92. The second-order valence-corrected chi connectivity index (χ2v) is 7.52. The zero-order valence-electron chi connectivity index (χ0n) is 16.5. The monoisotopic (exact) mass is 389 g/mol. The lowest BCUT2D eigenvalue weighted by Crippen LogP contribution is -2.57. The van der Waals surface area contributed by atoms with E-state index in [-0.39, 0.29) is 17.4 Å². The minimum Gasteiger partial charge on any atom is -0.335 e. The zero-order chi connectivity index (χ0) is 20.5. The van der Waals surface area contributed by atoms with Crippen molar-refractivity contribution < 1.29 is 9.59 Å². The van der Waals surface area contributed by atoms with Gasteiger partial charge in [-0.15, -0.1) is 0 Å². The maximum absolute atomic E-state index is 13.2. The molecule has 3 aromatic rings. The molecule has 0 aliphatic carbocycles. The smallest absolute Gasteiger partial charge is 0.255 e. The first-order valence-electron chi connectivity index (χ1n) is 9.71. The molecule has 1 unspecified atom stereocenters. The van der Waals surface area contributed by atoms with Gasteiger partial charge in [0.15, 0.2) is 0 Å². The van der Waals surface area contributed by atoms with Crippen LogP contribution in [0.4, 0.5) is 0 Å². The van der Waals surface area contributed by atoms with Crippen molar-refractivity contribution in [1.29, 1.82) is 0 Å². The standard InChI is InChI=1S/C23H23N3O3/c1-15-6-5-7-17(12-15)14-25-10-11-26(16(2)22(25)28)23(29)19-13-21(27)24-20-9-4-3-8-18(19)20/h3-9,12-13,16H,10-11,14H2,1-2H3,(H,24,27). The number of hydrogen-bond acceptors (Lipinski definition) is 3. The predicted molar refractivity (Wildman–Crippen MR) is 112 cm³/mol. The van der Waals surface area contributed by atoms with Crippen molar-refractivity contribution in [3.8, 4) is 0 Å². The molecule has 6 nitrogen and oxygen atoms in total. The number of aromatic nitrogens is 1. The summed E-state index contributed by atoms with van der Waals surface area (Å²) in [7, 11) is 0. The number of amides is 2. The van der Waals surface area contributed by atoms with E-state index in [1.807, 2.05) is 37.3 Å². The molecule has 4 rings (SSSR count). The zero-order valence-corrected chi connectivity index (χ0v) is 16.5. The highest BCUT2D eigenvalue weighted by Crippen LogP contribution is 2.21. The number of pyridine rings is 1. The normalized spacial score (nSPS) is 17.0. The number of aryl methyl sites for hydroxylation is 1. The lowest BCUT2D eigenvalue weighted by Gasteiger charge is -2.39. The fourth-order valence-electron chi connectivity index (χ4n) is 3.93. The van der Waals surface area contributed by atoms with E-state index in [0.29, 0.717) is 36.1 Å². The largest absolute Gasteiger partial charge is 0.335 e. The van der Waals surface area contributed by atoms with Crippen molar-refractivity contribution in [3.63, 3.8) is 0 Å². The number of H-pyrrole nitrogens is 1. The van der Waals surface area contributed by atoms with Crippen LogP contribution >= 0.6 is 0 Å². The van der Waals surface area contributed by atoms with Gasteiger partial charge in [-0.3, -0.25) is 14.4 Å². The Bertz CT molecular complexity index is 1150. The molecule has 1 atom stereocenters. The van der Waals surface area contributed by atoms with Gasteiger partial charge in [-0.05, 0) is 25.5 Å². The van der Waals surface area contributed by atoms with Crippen LogP contribution in [0.25, 0.3) is 10.9 Å². The summed E-state index contributed by atoms with van der Waals surface area (Å²) in [5.41, 5.74) is 2.84. The first-order valence-corrected chi connectivity index (χ1v) is 9.71. The van der Waals surface area contributed by atoms with Crippen LogP contribution in [0.5, 0.6) is 0 Å². The first-order chi connectivity index (χ1) is 13.9. The second kappa shape index (κ2) is 7.54. The van der Waals surface area contributed by atoms with E-state index in [0.717, 1.165) is 11.1 Å². The van der Waals surface area contributed by atoms with Crippen LogP contribution in [-0.4, -0.2) is 45.7 Å². The van der Waals surface area contributed by atoms with Crippen LogP contribution in [0.3, 0.4) is 0 Å². The number of fused-ring (bicyclic) bond motifs is 1. The number of hydrogen-bond donors (Lipinski definition) is 1. The Labute approximate surface area is 168 Å². The van der Waals surface area contributed by atoms with Crippen molar-refractivity contribution in [1.82, 2.24) is 14.8 Å². The number of nitrogens with one attached hydrogen (secondary N) is 1. The van der Waals surface area contributed by atoms with Gasteiger partial charge < -0.3 is 14.8 Å². The second-order valence-electron chi connectivity index (χ2n) is 7.52. The molecule has 0 spiro atoms. The molecule has 1 aromatic heterocycles.